The Balaban J connectivity index is 1.74. The van der Waals surface area contributed by atoms with Crippen molar-refractivity contribution in [3.05, 3.63) is 23.8 Å². The topological polar surface area (TPSA) is 104 Å². The molecule has 1 aliphatic heterocycles. The minimum atomic E-state index is -3.88. The van der Waals surface area contributed by atoms with Gasteiger partial charge < -0.3 is 10.6 Å². The summed E-state index contributed by atoms with van der Waals surface area (Å²) in [6.07, 6.45) is 6.19. The monoisotopic (exact) mass is 449 g/mol. The van der Waals surface area contributed by atoms with Crippen molar-refractivity contribution in [1.29, 1.82) is 0 Å². The Hall–Kier alpha value is -1.93. The molecular weight excluding hydrogens is 414 g/mol. The van der Waals surface area contributed by atoms with Crippen molar-refractivity contribution < 1.29 is 18.0 Å². The molecule has 0 bridgehead atoms. The summed E-state index contributed by atoms with van der Waals surface area (Å²) in [6, 6.07) is 4.02. The first-order valence-corrected chi connectivity index (χ1v) is 12.9. The summed E-state index contributed by atoms with van der Waals surface area (Å²) in [4.78, 5) is 24.8. The highest BCUT2D eigenvalue weighted by molar-refractivity contribution is 7.89. The van der Waals surface area contributed by atoms with Crippen LogP contribution >= 0.6 is 0 Å². The predicted molar refractivity (Wildman–Crippen MR) is 121 cm³/mol. The molecule has 1 unspecified atom stereocenters. The zero-order valence-electron chi connectivity index (χ0n) is 18.7. The number of amides is 2. The molecular formula is C23H35N3O4S. The summed E-state index contributed by atoms with van der Waals surface area (Å²) in [5, 5.41) is 5.89. The number of aryl methyl sites for hydroxylation is 1. The molecule has 1 aromatic carbocycles. The maximum atomic E-state index is 13.1. The maximum Gasteiger partial charge on any atom is 0.241 e. The maximum absolute atomic E-state index is 13.1. The van der Waals surface area contributed by atoms with Crippen LogP contribution in [0.1, 0.15) is 71.3 Å². The second kappa shape index (κ2) is 10.1. The quantitative estimate of drug-likeness (QED) is 0.594. The van der Waals surface area contributed by atoms with E-state index >= 15 is 0 Å². The molecule has 2 aliphatic rings. The van der Waals surface area contributed by atoms with E-state index in [9.17, 15) is 18.0 Å². The van der Waals surface area contributed by atoms with Crippen molar-refractivity contribution in [3.63, 3.8) is 0 Å². The van der Waals surface area contributed by atoms with E-state index in [-0.39, 0.29) is 28.7 Å². The first-order chi connectivity index (χ1) is 14.6. The van der Waals surface area contributed by atoms with Gasteiger partial charge >= 0.3 is 0 Å². The molecule has 0 aromatic heterocycles. The predicted octanol–water partition coefficient (Wildman–Crippen LogP) is 3.35. The van der Waals surface area contributed by atoms with Crippen molar-refractivity contribution in [3.8, 4) is 0 Å². The van der Waals surface area contributed by atoms with Gasteiger partial charge in [0.1, 0.15) is 6.04 Å². The van der Waals surface area contributed by atoms with E-state index in [1.54, 1.807) is 12.1 Å². The number of fused-ring (bicyclic) bond motifs is 1. The smallest absolute Gasteiger partial charge is 0.241 e. The van der Waals surface area contributed by atoms with Crippen LogP contribution in [0.4, 0.5) is 5.69 Å². The van der Waals surface area contributed by atoms with Crippen molar-refractivity contribution in [1.82, 2.24) is 10.0 Å². The van der Waals surface area contributed by atoms with Crippen molar-refractivity contribution >= 4 is 27.5 Å². The van der Waals surface area contributed by atoms with E-state index in [4.69, 9.17) is 0 Å². The number of rotatable bonds is 7. The van der Waals surface area contributed by atoms with Gasteiger partial charge in [-0.05, 0) is 80.5 Å². The van der Waals surface area contributed by atoms with E-state index < -0.39 is 16.1 Å². The SMILES string of the molecule is CC(C)CC(NS(=O)(=O)c1ccc2c(c1)CCCC(=O)N2)C(=O)NC1CCC(C)CC1. The zero-order valence-corrected chi connectivity index (χ0v) is 19.6. The minimum absolute atomic E-state index is 0.0572. The van der Waals surface area contributed by atoms with Crippen LogP contribution in [0.15, 0.2) is 23.1 Å². The fourth-order valence-corrected chi connectivity index (χ4v) is 5.62. The summed E-state index contributed by atoms with van der Waals surface area (Å²) in [5.41, 5.74) is 1.46. The molecule has 1 aliphatic carbocycles. The number of carbonyl (C=O) groups is 2. The molecule has 31 heavy (non-hydrogen) atoms. The number of sulfonamides is 1. The zero-order chi connectivity index (χ0) is 22.6. The van der Waals surface area contributed by atoms with Crippen LogP contribution in [0, 0.1) is 11.8 Å². The Labute approximate surface area is 185 Å². The third-order valence-corrected chi connectivity index (χ3v) is 7.66. The molecule has 1 heterocycles. The molecule has 1 fully saturated rings. The van der Waals surface area contributed by atoms with Gasteiger partial charge in [-0.3, -0.25) is 9.59 Å². The van der Waals surface area contributed by atoms with Gasteiger partial charge in [0.05, 0.1) is 4.90 Å². The summed E-state index contributed by atoms with van der Waals surface area (Å²) in [6.45, 7) is 6.17. The third kappa shape index (κ3) is 6.53. The van der Waals surface area contributed by atoms with E-state index in [0.29, 0.717) is 37.3 Å². The van der Waals surface area contributed by atoms with Crippen molar-refractivity contribution in [2.75, 3.05) is 5.32 Å². The number of carbonyl (C=O) groups excluding carboxylic acids is 2. The largest absolute Gasteiger partial charge is 0.352 e. The molecule has 1 aromatic rings. The summed E-state index contributed by atoms with van der Waals surface area (Å²) in [5.74, 6) is 0.528. The van der Waals surface area contributed by atoms with E-state index in [1.807, 2.05) is 13.8 Å². The second-order valence-corrected chi connectivity index (χ2v) is 11.2. The summed E-state index contributed by atoms with van der Waals surface area (Å²) >= 11 is 0. The second-order valence-electron chi connectivity index (χ2n) is 9.49. The van der Waals surface area contributed by atoms with Crippen LogP contribution in [0.3, 0.4) is 0 Å². The van der Waals surface area contributed by atoms with Gasteiger partial charge in [0, 0.05) is 18.2 Å². The molecule has 172 valence electrons. The molecule has 7 nitrogen and oxygen atoms in total. The van der Waals surface area contributed by atoms with E-state index in [1.165, 1.54) is 6.07 Å². The number of hydrogen-bond acceptors (Lipinski definition) is 4. The lowest BCUT2D eigenvalue weighted by Gasteiger charge is -2.29. The average molecular weight is 450 g/mol. The van der Waals surface area contributed by atoms with Crippen LogP contribution in [-0.4, -0.2) is 32.3 Å². The van der Waals surface area contributed by atoms with Crippen LogP contribution in [0.25, 0.3) is 0 Å². The van der Waals surface area contributed by atoms with Gasteiger partial charge in [0.2, 0.25) is 21.8 Å². The van der Waals surface area contributed by atoms with Gasteiger partial charge in [0.25, 0.3) is 0 Å². The molecule has 3 rings (SSSR count). The van der Waals surface area contributed by atoms with Gasteiger partial charge in [-0.1, -0.05) is 20.8 Å². The lowest BCUT2D eigenvalue weighted by atomic mass is 9.87. The highest BCUT2D eigenvalue weighted by Gasteiger charge is 2.29. The minimum Gasteiger partial charge on any atom is -0.352 e. The molecule has 3 N–H and O–H groups in total. The molecule has 0 saturated heterocycles. The average Bonchev–Trinajstić information content (AvgIpc) is 2.88. The normalized spacial score (nSPS) is 22.9. The molecule has 0 radical (unpaired) electrons. The first kappa shape index (κ1) is 23.7. The van der Waals surface area contributed by atoms with Gasteiger partial charge in [0.15, 0.2) is 0 Å². The molecule has 1 saturated carbocycles. The number of hydrogen-bond donors (Lipinski definition) is 3. The van der Waals surface area contributed by atoms with Crippen LogP contribution in [0.2, 0.25) is 0 Å². The molecule has 1 atom stereocenters. The Morgan fingerprint density at radius 3 is 2.55 bits per heavy atom. The van der Waals surface area contributed by atoms with Crippen molar-refractivity contribution in [2.45, 2.75) is 89.1 Å². The molecule has 2 amide bonds. The number of benzene rings is 1. The summed E-state index contributed by atoms with van der Waals surface area (Å²) < 4.78 is 28.9. The van der Waals surface area contributed by atoms with Gasteiger partial charge in [-0.25, -0.2) is 8.42 Å². The Kier molecular flexibility index (Phi) is 7.75. The lowest BCUT2D eigenvalue weighted by molar-refractivity contribution is -0.124. The number of anilines is 1. The number of nitrogens with one attached hydrogen (secondary N) is 3. The Bertz CT molecular complexity index is 905. The highest BCUT2D eigenvalue weighted by atomic mass is 32.2. The summed E-state index contributed by atoms with van der Waals surface area (Å²) in [7, 11) is -3.88. The standard InChI is InChI=1S/C23H35N3O4S/c1-15(2)13-21(23(28)24-18-9-7-16(3)8-10-18)26-31(29,30)19-11-12-20-17(14-19)5-4-6-22(27)25-20/h11-12,14-16,18,21,26H,4-10,13H2,1-3H3,(H,24,28)(H,25,27). The third-order valence-electron chi connectivity index (χ3n) is 6.19. The van der Waals surface area contributed by atoms with E-state index in [0.717, 1.165) is 31.2 Å². The van der Waals surface area contributed by atoms with Crippen LogP contribution in [-0.2, 0) is 26.0 Å². The lowest BCUT2D eigenvalue weighted by Crippen LogP contribution is -2.50. The Morgan fingerprint density at radius 1 is 1.16 bits per heavy atom. The fraction of sp³-hybridized carbons (Fsp3) is 0.652. The van der Waals surface area contributed by atoms with Gasteiger partial charge in [-0.2, -0.15) is 4.72 Å². The fourth-order valence-electron chi connectivity index (χ4n) is 4.36. The van der Waals surface area contributed by atoms with Gasteiger partial charge in [-0.15, -0.1) is 0 Å². The first-order valence-electron chi connectivity index (χ1n) is 11.4. The Morgan fingerprint density at radius 2 is 1.87 bits per heavy atom. The molecule has 0 spiro atoms. The molecule has 8 heteroatoms. The van der Waals surface area contributed by atoms with Crippen molar-refractivity contribution in [2.24, 2.45) is 11.8 Å². The van der Waals surface area contributed by atoms with Crippen LogP contribution < -0.4 is 15.4 Å². The highest BCUT2D eigenvalue weighted by Crippen LogP contribution is 2.26. The van der Waals surface area contributed by atoms with Crippen LogP contribution in [0.5, 0.6) is 0 Å². The van der Waals surface area contributed by atoms with E-state index in [2.05, 4.69) is 22.3 Å².